The Kier molecular flexibility index (Phi) is 4.24. The molecular formula is C16H14Cl2N4O. The van der Waals surface area contributed by atoms with Gasteiger partial charge in [-0.25, -0.2) is 9.97 Å². The van der Waals surface area contributed by atoms with Gasteiger partial charge in [-0.15, -0.1) is 0 Å². The molecule has 0 aliphatic carbocycles. The Morgan fingerprint density at radius 1 is 1.26 bits per heavy atom. The summed E-state index contributed by atoms with van der Waals surface area (Å²) in [6.45, 7) is 0.134. The van der Waals surface area contributed by atoms with E-state index in [1.807, 2.05) is 6.07 Å². The molecule has 0 saturated heterocycles. The van der Waals surface area contributed by atoms with Crippen LogP contribution in [0.5, 0.6) is 0 Å². The highest BCUT2D eigenvalue weighted by Crippen LogP contribution is 2.31. The van der Waals surface area contributed by atoms with Crippen molar-refractivity contribution >= 4 is 40.3 Å². The summed E-state index contributed by atoms with van der Waals surface area (Å²) in [5.74, 6) is 0.539. The van der Waals surface area contributed by atoms with Gasteiger partial charge < -0.3 is 4.90 Å². The topological polar surface area (TPSA) is 51.0 Å². The molecule has 2 heterocycles. The third kappa shape index (κ3) is 3.02. The van der Waals surface area contributed by atoms with Crippen LogP contribution >= 0.6 is 23.2 Å². The Labute approximate surface area is 143 Å². The van der Waals surface area contributed by atoms with E-state index in [1.54, 1.807) is 49.1 Å². The van der Waals surface area contributed by atoms with Gasteiger partial charge in [-0.3, -0.25) is 9.36 Å². The average Bonchev–Trinajstić information content (AvgIpc) is 2.86. The van der Waals surface area contributed by atoms with E-state index in [2.05, 4.69) is 9.97 Å². The zero-order valence-electron chi connectivity index (χ0n) is 12.6. The van der Waals surface area contributed by atoms with Gasteiger partial charge in [0.1, 0.15) is 17.9 Å². The number of amides is 1. The zero-order valence-corrected chi connectivity index (χ0v) is 14.1. The normalized spacial score (nSPS) is 11.0. The number of aromatic nitrogens is 3. The lowest BCUT2D eigenvalue weighted by Crippen LogP contribution is -2.26. The standard InChI is InChI=1S/C16H14Cl2N4O/c1-21(2)14(23)9-22-15(11-6-5-10(17)8-12(11)18)20-13-4-3-7-19-16(13)22/h3-8H,9H2,1-2H3. The fourth-order valence-electron chi connectivity index (χ4n) is 2.26. The van der Waals surface area contributed by atoms with Gasteiger partial charge in [0.15, 0.2) is 5.65 Å². The van der Waals surface area contributed by atoms with Crippen LogP contribution in [0.15, 0.2) is 36.5 Å². The summed E-state index contributed by atoms with van der Waals surface area (Å²) in [6.07, 6.45) is 1.67. The molecule has 7 heteroatoms. The van der Waals surface area contributed by atoms with Crippen LogP contribution in [0, 0.1) is 0 Å². The summed E-state index contributed by atoms with van der Waals surface area (Å²) in [4.78, 5) is 22.6. The number of halogens is 2. The maximum absolute atomic E-state index is 12.2. The highest BCUT2D eigenvalue weighted by atomic mass is 35.5. The lowest BCUT2D eigenvalue weighted by atomic mass is 10.2. The molecule has 2 aromatic heterocycles. The smallest absolute Gasteiger partial charge is 0.242 e. The Morgan fingerprint density at radius 3 is 2.74 bits per heavy atom. The molecule has 0 saturated carbocycles. The van der Waals surface area contributed by atoms with Crippen molar-refractivity contribution in [2.45, 2.75) is 6.54 Å². The SMILES string of the molecule is CN(C)C(=O)Cn1c(-c2ccc(Cl)cc2Cl)nc2cccnc21. The Morgan fingerprint density at radius 2 is 2.04 bits per heavy atom. The van der Waals surface area contributed by atoms with E-state index in [9.17, 15) is 4.79 Å². The molecule has 5 nitrogen and oxygen atoms in total. The molecule has 0 fully saturated rings. The molecule has 23 heavy (non-hydrogen) atoms. The van der Waals surface area contributed by atoms with Crippen LogP contribution in [0.4, 0.5) is 0 Å². The van der Waals surface area contributed by atoms with Crippen LogP contribution in [-0.2, 0) is 11.3 Å². The van der Waals surface area contributed by atoms with Crippen LogP contribution in [0.25, 0.3) is 22.6 Å². The first-order valence-corrected chi connectivity index (χ1v) is 7.70. The quantitative estimate of drug-likeness (QED) is 0.727. The summed E-state index contributed by atoms with van der Waals surface area (Å²) in [5, 5.41) is 1.02. The number of benzene rings is 1. The van der Waals surface area contributed by atoms with E-state index < -0.39 is 0 Å². The van der Waals surface area contributed by atoms with E-state index in [0.717, 1.165) is 0 Å². The Bertz CT molecular complexity index is 889. The molecule has 0 aliphatic rings. The highest BCUT2D eigenvalue weighted by Gasteiger charge is 2.18. The average molecular weight is 349 g/mol. The highest BCUT2D eigenvalue weighted by molar-refractivity contribution is 6.36. The van der Waals surface area contributed by atoms with E-state index in [4.69, 9.17) is 23.2 Å². The van der Waals surface area contributed by atoms with Crippen molar-refractivity contribution in [2.24, 2.45) is 0 Å². The van der Waals surface area contributed by atoms with Gasteiger partial charge in [0, 0.05) is 30.9 Å². The van der Waals surface area contributed by atoms with Gasteiger partial charge in [-0.05, 0) is 30.3 Å². The number of imidazole rings is 1. The number of carbonyl (C=O) groups excluding carboxylic acids is 1. The fourth-order valence-corrected chi connectivity index (χ4v) is 2.75. The molecule has 0 aliphatic heterocycles. The van der Waals surface area contributed by atoms with Crippen LogP contribution in [-0.4, -0.2) is 39.4 Å². The van der Waals surface area contributed by atoms with Crippen LogP contribution < -0.4 is 0 Å². The van der Waals surface area contributed by atoms with Crippen molar-refractivity contribution in [3.63, 3.8) is 0 Å². The minimum atomic E-state index is -0.0544. The minimum absolute atomic E-state index is 0.0544. The summed E-state index contributed by atoms with van der Waals surface area (Å²) < 4.78 is 1.77. The van der Waals surface area contributed by atoms with Gasteiger partial charge in [0.05, 0.1) is 5.02 Å². The second-order valence-electron chi connectivity index (χ2n) is 5.28. The zero-order chi connectivity index (χ0) is 16.6. The minimum Gasteiger partial charge on any atom is -0.347 e. The predicted molar refractivity (Wildman–Crippen MR) is 91.7 cm³/mol. The molecule has 0 spiro atoms. The van der Waals surface area contributed by atoms with Crippen LogP contribution in [0.3, 0.4) is 0 Å². The fraction of sp³-hybridized carbons (Fsp3) is 0.188. The van der Waals surface area contributed by atoms with E-state index in [0.29, 0.717) is 32.6 Å². The van der Waals surface area contributed by atoms with Crippen LogP contribution in [0.1, 0.15) is 0 Å². The van der Waals surface area contributed by atoms with E-state index in [-0.39, 0.29) is 12.5 Å². The van der Waals surface area contributed by atoms with Crippen molar-refractivity contribution < 1.29 is 4.79 Å². The maximum atomic E-state index is 12.2. The second kappa shape index (κ2) is 6.18. The molecule has 0 unspecified atom stereocenters. The van der Waals surface area contributed by atoms with Gasteiger partial charge in [0.2, 0.25) is 5.91 Å². The van der Waals surface area contributed by atoms with Crippen molar-refractivity contribution in [3.8, 4) is 11.4 Å². The number of nitrogens with zero attached hydrogens (tertiary/aromatic N) is 4. The van der Waals surface area contributed by atoms with Crippen molar-refractivity contribution in [3.05, 3.63) is 46.6 Å². The van der Waals surface area contributed by atoms with Gasteiger partial charge in [-0.2, -0.15) is 0 Å². The monoisotopic (exact) mass is 348 g/mol. The number of rotatable bonds is 3. The lowest BCUT2D eigenvalue weighted by Gasteiger charge is -2.13. The van der Waals surface area contributed by atoms with Gasteiger partial charge in [-0.1, -0.05) is 23.2 Å². The molecule has 0 atom stereocenters. The number of pyridine rings is 1. The second-order valence-corrected chi connectivity index (χ2v) is 6.12. The molecule has 1 aromatic carbocycles. The first-order valence-electron chi connectivity index (χ1n) is 6.94. The number of hydrogen-bond acceptors (Lipinski definition) is 3. The molecule has 0 radical (unpaired) electrons. The largest absolute Gasteiger partial charge is 0.347 e. The van der Waals surface area contributed by atoms with Crippen molar-refractivity contribution in [2.75, 3.05) is 14.1 Å². The van der Waals surface area contributed by atoms with Crippen LogP contribution in [0.2, 0.25) is 10.0 Å². The summed E-state index contributed by atoms with van der Waals surface area (Å²) in [6, 6.07) is 8.85. The molecule has 0 N–H and O–H groups in total. The third-order valence-corrected chi connectivity index (χ3v) is 4.02. The molecule has 3 rings (SSSR count). The first kappa shape index (κ1) is 15.8. The van der Waals surface area contributed by atoms with Crippen molar-refractivity contribution in [1.82, 2.24) is 19.4 Å². The molecule has 1 amide bonds. The third-order valence-electron chi connectivity index (χ3n) is 3.47. The number of hydrogen-bond donors (Lipinski definition) is 0. The van der Waals surface area contributed by atoms with E-state index in [1.165, 1.54) is 4.90 Å². The van der Waals surface area contributed by atoms with Gasteiger partial charge in [0.25, 0.3) is 0 Å². The maximum Gasteiger partial charge on any atom is 0.242 e. The van der Waals surface area contributed by atoms with E-state index >= 15 is 0 Å². The first-order chi connectivity index (χ1) is 11.0. The Hall–Kier alpha value is -2.11. The molecule has 0 bridgehead atoms. The van der Waals surface area contributed by atoms with Crippen molar-refractivity contribution in [1.29, 1.82) is 0 Å². The number of carbonyl (C=O) groups is 1. The molecule has 3 aromatic rings. The lowest BCUT2D eigenvalue weighted by molar-refractivity contribution is -0.129. The summed E-state index contributed by atoms with van der Waals surface area (Å²) in [7, 11) is 3.42. The Balaban J connectivity index is 2.21. The van der Waals surface area contributed by atoms with Gasteiger partial charge >= 0.3 is 0 Å². The molecule has 118 valence electrons. The summed E-state index contributed by atoms with van der Waals surface area (Å²) >= 11 is 12.3. The number of fused-ring (bicyclic) bond motifs is 1. The predicted octanol–water partition coefficient (Wildman–Crippen LogP) is 3.49. The number of likely N-dealkylation sites (N-methyl/N-ethyl adjacent to an activating group) is 1. The molecular weight excluding hydrogens is 335 g/mol. The summed E-state index contributed by atoms with van der Waals surface area (Å²) in [5.41, 5.74) is 2.06.